The molecule has 2 saturated heterocycles. The molecule has 0 radical (unpaired) electrons. The molecule has 1 aliphatic carbocycles. The van der Waals surface area contributed by atoms with E-state index in [1.807, 2.05) is 65.0 Å². The largest absolute Gasteiger partial charge is 0.460 e. The first-order valence-corrected chi connectivity index (χ1v) is 23.9. The van der Waals surface area contributed by atoms with Crippen LogP contribution in [0.25, 0.3) is 0 Å². The van der Waals surface area contributed by atoms with Crippen molar-refractivity contribution in [1.29, 1.82) is 0 Å². The van der Waals surface area contributed by atoms with E-state index in [1.165, 1.54) is 12.0 Å². The summed E-state index contributed by atoms with van der Waals surface area (Å²) < 4.78 is 29.4. The Balaban J connectivity index is 1.70. The number of rotatable bonds is 6. The van der Waals surface area contributed by atoms with E-state index in [4.69, 9.17) is 23.7 Å². The van der Waals surface area contributed by atoms with Crippen molar-refractivity contribution in [3.8, 4) is 0 Å². The third-order valence-electron chi connectivity index (χ3n) is 14.5. The van der Waals surface area contributed by atoms with Crippen molar-refractivity contribution in [2.75, 3.05) is 27.9 Å². The van der Waals surface area contributed by atoms with Gasteiger partial charge in [0.2, 0.25) is 5.79 Å². The average molecular weight is 914 g/mol. The SMILES string of the molecule is COC1CC2OC(O)(CCC2C)C(=O)C(=O)N2CCCCC2C(=O)OC(C(C)CC2CCC(O)C(OC)C2)CC(=O)C(C)/C=C(\C)C(O)C(OC)C(=O)C(C)CC(C)/C=C/C=C/C=C/1C. The molecule has 3 aliphatic heterocycles. The van der Waals surface area contributed by atoms with Crippen molar-refractivity contribution >= 4 is 29.2 Å². The maximum Gasteiger partial charge on any atom is 0.329 e. The lowest BCUT2D eigenvalue weighted by atomic mass is 9.78. The summed E-state index contributed by atoms with van der Waals surface area (Å²) in [6, 6.07) is -1.14. The normalized spacial score (nSPS) is 40.4. The van der Waals surface area contributed by atoms with Crippen molar-refractivity contribution in [2.45, 2.75) is 180 Å². The maximum atomic E-state index is 14.3. The number of carbonyl (C=O) groups is 5. The summed E-state index contributed by atoms with van der Waals surface area (Å²) in [5.74, 6) is -7.29. The predicted molar refractivity (Wildman–Crippen MR) is 245 cm³/mol. The summed E-state index contributed by atoms with van der Waals surface area (Å²) in [6.07, 6.45) is 10.5. The molecule has 1 amide bonds. The molecule has 0 aromatic heterocycles. The fourth-order valence-electron chi connectivity index (χ4n) is 10.1. The number of amides is 1. The van der Waals surface area contributed by atoms with Crippen LogP contribution in [0.5, 0.6) is 0 Å². The molecule has 3 heterocycles. The Morgan fingerprint density at radius 1 is 0.862 bits per heavy atom. The fourth-order valence-corrected chi connectivity index (χ4v) is 10.1. The molecule has 4 aliphatic rings. The molecule has 366 valence electrons. The second-order valence-corrected chi connectivity index (χ2v) is 19.6. The number of ketones is 3. The van der Waals surface area contributed by atoms with E-state index in [0.717, 1.165) is 12.0 Å². The number of methoxy groups -OCH3 is 3. The van der Waals surface area contributed by atoms with Crippen LogP contribution in [-0.4, -0.2) is 132 Å². The number of aliphatic hydroxyl groups is 3. The molecular formula is C51H79NO13. The molecule has 65 heavy (non-hydrogen) atoms. The standard InChI is InChI=1S/C51H79NO13/c1-30-16-12-11-13-17-31(2)41(61-8)29-43-32(3)21-22-51(60,65-43)48(57)49(58)52-23-15-14-18-38(52)50(59)64-42(34(5)26-37-19-20-39(53)44(27-37)62-9)28-40(54)33(4)25-36(7)46(56)47(63-10)45(55)35(6)24-30/h11-13,16-17,25,30,32-35,37-39,41-44,46-47,53,56,60H,14-15,18-24,26-29H2,1-10H3/b13-11+,16-12+,31-17+,36-25+. The highest BCUT2D eigenvalue weighted by atomic mass is 16.6. The molecule has 3 fully saturated rings. The summed E-state index contributed by atoms with van der Waals surface area (Å²) in [6.45, 7) is 13.0. The Kier molecular flexibility index (Phi) is 21.0. The van der Waals surface area contributed by atoms with Crippen LogP contribution in [0.3, 0.4) is 0 Å². The van der Waals surface area contributed by atoms with E-state index in [9.17, 15) is 39.3 Å². The first-order valence-electron chi connectivity index (χ1n) is 23.9. The summed E-state index contributed by atoms with van der Waals surface area (Å²) in [5, 5.41) is 33.7. The number of carbonyl (C=O) groups excluding carboxylic acids is 5. The summed E-state index contributed by atoms with van der Waals surface area (Å²) in [5.41, 5.74) is 1.27. The van der Waals surface area contributed by atoms with Gasteiger partial charge in [-0.15, -0.1) is 0 Å². The fraction of sp³-hybridized carbons (Fsp3) is 0.745. The second kappa shape index (κ2) is 25.1. The number of nitrogens with zero attached hydrogens (tertiary/aromatic N) is 1. The molecule has 2 bridgehead atoms. The number of fused-ring (bicyclic) bond motifs is 3. The monoisotopic (exact) mass is 914 g/mol. The summed E-state index contributed by atoms with van der Waals surface area (Å²) in [4.78, 5) is 71.6. The molecule has 1 saturated carbocycles. The van der Waals surface area contributed by atoms with Gasteiger partial charge in [-0.25, -0.2) is 4.79 Å². The number of cyclic esters (lactones) is 1. The van der Waals surface area contributed by atoms with Crippen molar-refractivity contribution < 1.29 is 63.0 Å². The number of Topliss-reactive ketones (excluding diaryl/α,β-unsaturated/α-hetero) is 3. The Labute approximate surface area is 387 Å². The first-order chi connectivity index (χ1) is 30.7. The van der Waals surface area contributed by atoms with Crippen LogP contribution >= 0.6 is 0 Å². The van der Waals surface area contributed by atoms with Crippen LogP contribution < -0.4 is 0 Å². The van der Waals surface area contributed by atoms with E-state index < -0.39 is 77.9 Å². The Morgan fingerprint density at radius 3 is 2.26 bits per heavy atom. The topological polar surface area (TPSA) is 195 Å². The molecule has 14 heteroatoms. The number of piperidine rings is 1. The number of hydrogen-bond donors (Lipinski definition) is 3. The number of aliphatic hydroxyl groups excluding tert-OH is 2. The molecule has 0 aromatic carbocycles. The smallest absolute Gasteiger partial charge is 0.329 e. The van der Waals surface area contributed by atoms with E-state index in [-0.39, 0.29) is 67.1 Å². The van der Waals surface area contributed by atoms with Gasteiger partial charge in [-0.3, -0.25) is 19.2 Å². The van der Waals surface area contributed by atoms with Gasteiger partial charge in [0.1, 0.15) is 30.1 Å². The minimum atomic E-state index is -2.41. The minimum Gasteiger partial charge on any atom is -0.460 e. The number of hydrogen-bond acceptors (Lipinski definition) is 13. The maximum absolute atomic E-state index is 14.3. The Morgan fingerprint density at radius 2 is 1.58 bits per heavy atom. The zero-order chi connectivity index (χ0) is 48.2. The molecule has 4 rings (SSSR count). The zero-order valence-corrected chi connectivity index (χ0v) is 40.6. The summed E-state index contributed by atoms with van der Waals surface area (Å²) >= 11 is 0. The van der Waals surface area contributed by atoms with Gasteiger partial charge in [0, 0.05) is 59.0 Å². The number of esters is 1. The number of ether oxygens (including phenoxy) is 5. The van der Waals surface area contributed by atoms with Gasteiger partial charge in [0.25, 0.3) is 11.7 Å². The van der Waals surface area contributed by atoms with Gasteiger partial charge >= 0.3 is 5.97 Å². The average Bonchev–Trinajstić information content (AvgIpc) is 3.28. The zero-order valence-electron chi connectivity index (χ0n) is 40.6. The highest BCUT2D eigenvalue weighted by molar-refractivity contribution is 6.39. The molecule has 0 aromatic rings. The van der Waals surface area contributed by atoms with Crippen molar-refractivity contribution in [3.05, 3.63) is 47.6 Å². The minimum absolute atomic E-state index is 0.0185. The van der Waals surface area contributed by atoms with Crippen molar-refractivity contribution in [1.82, 2.24) is 4.90 Å². The van der Waals surface area contributed by atoms with Crippen LogP contribution in [0.1, 0.15) is 126 Å². The van der Waals surface area contributed by atoms with E-state index in [2.05, 4.69) is 0 Å². The molecule has 14 nitrogen and oxygen atoms in total. The van der Waals surface area contributed by atoms with Crippen LogP contribution in [0.15, 0.2) is 47.6 Å². The van der Waals surface area contributed by atoms with Crippen LogP contribution in [-0.2, 0) is 47.7 Å². The molecule has 15 unspecified atom stereocenters. The predicted octanol–water partition coefficient (Wildman–Crippen LogP) is 6.18. The van der Waals surface area contributed by atoms with Gasteiger partial charge in [-0.1, -0.05) is 71.1 Å². The van der Waals surface area contributed by atoms with Gasteiger partial charge < -0.3 is 43.9 Å². The third-order valence-corrected chi connectivity index (χ3v) is 14.5. The second-order valence-electron chi connectivity index (χ2n) is 19.6. The lowest BCUT2D eigenvalue weighted by Crippen LogP contribution is -2.59. The number of allylic oxidation sites excluding steroid dienone is 6. The molecule has 0 spiro atoms. The lowest BCUT2D eigenvalue weighted by Gasteiger charge is -2.42. The van der Waals surface area contributed by atoms with Gasteiger partial charge in [-0.2, -0.15) is 0 Å². The van der Waals surface area contributed by atoms with Crippen molar-refractivity contribution in [3.63, 3.8) is 0 Å². The quantitative estimate of drug-likeness (QED) is 0.156. The molecular weight excluding hydrogens is 835 g/mol. The third kappa shape index (κ3) is 14.6. The van der Waals surface area contributed by atoms with E-state index in [1.54, 1.807) is 34.1 Å². The first kappa shape index (κ1) is 54.2. The molecule has 15 atom stereocenters. The lowest BCUT2D eigenvalue weighted by molar-refractivity contribution is -0.255. The molecule has 3 N–H and O–H groups in total. The highest BCUT2D eigenvalue weighted by Crippen LogP contribution is 2.37. The van der Waals surface area contributed by atoms with Crippen LogP contribution in [0, 0.1) is 35.5 Å². The Bertz CT molecular complexity index is 1760. The van der Waals surface area contributed by atoms with E-state index >= 15 is 0 Å². The van der Waals surface area contributed by atoms with Crippen molar-refractivity contribution in [2.24, 2.45) is 35.5 Å². The van der Waals surface area contributed by atoms with Gasteiger partial charge in [0.15, 0.2) is 5.78 Å². The highest BCUT2D eigenvalue weighted by Gasteiger charge is 2.51. The van der Waals surface area contributed by atoms with E-state index in [0.29, 0.717) is 56.9 Å². The van der Waals surface area contributed by atoms with Gasteiger partial charge in [0.05, 0.1) is 24.4 Å². The van der Waals surface area contributed by atoms with Crippen LogP contribution in [0.4, 0.5) is 0 Å². The van der Waals surface area contributed by atoms with Crippen LogP contribution in [0.2, 0.25) is 0 Å². The van der Waals surface area contributed by atoms with Gasteiger partial charge in [-0.05, 0) is 106 Å². The summed E-state index contributed by atoms with van der Waals surface area (Å²) in [7, 11) is 4.52. The Hall–Kier alpha value is -3.37.